The Morgan fingerprint density at radius 3 is 2.45 bits per heavy atom. The Morgan fingerprint density at radius 1 is 1.40 bits per heavy atom. The predicted octanol–water partition coefficient (Wildman–Crippen LogP) is 3.82. The summed E-state index contributed by atoms with van der Waals surface area (Å²) < 4.78 is 0.650. The third-order valence-electron chi connectivity index (χ3n) is 2.52. The van der Waals surface area contributed by atoms with E-state index in [1.54, 1.807) is 39.0 Å². The molecule has 0 heterocycles. The Kier molecular flexibility index (Phi) is 5.42. The summed E-state index contributed by atoms with van der Waals surface area (Å²) in [5.74, 6) is -1.06. The maximum absolute atomic E-state index is 12.2. The minimum atomic E-state index is -1.06. The number of carboxylic acid groups (broad SMARTS) is 1. The Balaban J connectivity index is 2.90. The lowest BCUT2D eigenvalue weighted by molar-refractivity contribution is -0.138. The minimum absolute atomic E-state index is 0.371. The van der Waals surface area contributed by atoms with E-state index in [1.165, 1.54) is 4.90 Å². The molecule has 2 N–H and O–H groups in total. The third-order valence-corrected chi connectivity index (χ3v) is 3.73. The number of anilines is 1. The van der Waals surface area contributed by atoms with Gasteiger partial charge in [-0.15, -0.1) is 0 Å². The summed E-state index contributed by atoms with van der Waals surface area (Å²) >= 11 is 9.14. The maximum Gasteiger partial charge on any atom is 0.323 e. The Morgan fingerprint density at radius 2 is 2.00 bits per heavy atom. The number of rotatable bonds is 3. The molecule has 0 aliphatic heterocycles. The fraction of sp³-hybridized carbons (Fsp3) is 0.385. The van der Waals surface area contributed by atoms with Crippen LogP contribution in [-0.4, -0.2) is 34.1 Å². The van der Waals surface area contributed by atoms with E-state index in [0.717, 1.165) is 0 Å². The number of benzene rings is 1. The zero-order valence-corrected chi connectivity index (χ0v) is 13.7. The van der Waals surface area contributed by atoms with Gasteiger partial charge >= 0.3 is 12.0 Å². The molecule has 2 amide bonds. The molecule has 1 aromatic rings. The molecule has 0 fully saturated rings. The quantitative estimate of drug-likeness (QED) is 0.857. The molecule has 7 heteroatoms. The largest absolute Gasteiger partial charge is 0.480 e. The van der Waals surface area contributed by atoms with E-state index in [4.69, 9.17) is 16.7 Å². The molecular weight excluding hydrogens is 348 g/mol. The van der Waals surface area contributed by atoms with Gasteiger partial charge in [0.05, 0.1) is 5.02 Å². The van der Waals surface area contributed by atoms with Crippen molar-refractivity contribution in [3.63, 3.8) is 0 Å². The van der Waals surface area contributed by atoms with Gasteiger partial charge in [0.15, 0.2) is 0 Å². The number of carbonyl (C=O) groups is 2. The smallest absolute Gasteiger partial charge is 0.323 e. The summed E-state index contributed by atoms with van der Waals surface area (Å²) in [4.78, 5) is 24.3. The van der Waals surface area contributed by atoms with Gasteiger partial charge in [-0.25, -0.2) is 4.79 Å². The van der Waals surface area contributed by atoms with Crippen LogP contribution in [0.25, 0.3) is 0 Å². The van der Waals surface area contributed by atoms with E-state index in [2.05, 4.69) is 21.2 Å². The van der Waals surface area contributed by atoms with Gasteiger partial charge in [0.1, 0.15) is 6.54 Å². The fourth-order valence-corrected chi connectivity index (χ4v) is 2.01. The lowest BCUT2D eigenvalue weighted by Crippen LogP contribution is -2.50. The summed E-state index contributed by atoms with van der Waals surface area (Å²) in [5, 5.41) is 12.1. The molecule has 0 bridgehead atoms. The first-order chi connectivity index (χ1) is 9.11. The van der Waals surface area contributed by atoms with Crippen molar-refractivity contribution in [2.45, 2.75) is 26.3 Å². The first-order valence-electron chi connectivity index (χ1n) is 5.86. The van der Waals surface area contributed by atoms with Gasteiger partial charge in [-0.1, -0.05) is 11.6 Å². The monoisotopic (exact) mass is 362 g/mol. The molecule has 1 aromatic carbocycles. The summed E-state index contributed by atoms with van der Waals surface area (Å²) in [6.45, 7) is 4.94. The fourth-order valence-electron chi connectivity index (χ4n) is 1.51. The van der Waals surface area contributed by atoms with Crippen molar-refractivity contribution in [2.75, 3.05) is 11.9 Å². The highest BCUT2D eigenvalue weighted by atomic mass is 79.9. The number of carbonyl (C=O) groups excluding carboxylic acids is 1. The number of halogens is 2. The van der Waals surface area contributed by atoms with Crippen molar-refractivity contribution >= 4 is 45.2 Å². The molecule has 0 aliphatic rings. The molecule has 110 valence electrons. The average molecular weight is 364 g/mol. The van der Waals surface area contributed by atoms with Crippen molar-refractivity contribution in [1.82, 2.24) is 4.90 Å². The molecule has 0 saturated heterocycles. The lowest BCUT2D eigenvalue weighted by Gasteiger charge is -2.34. The van der Waals surface area contributed by atoms with E-state index >= 15 is 0 Å². The van der Waals surface area contributed by atoms with Crippen LogP contribution in [0.1, 0.15) is 20.8 Å². The second kappa shape index (κ2) is 6.45. The zero-order chi connectivity index (χ0) is 15.5. The summed E-state index contributed by atoms with van der Waals surface area (Å²) in [6.07, 6.45) is 0. The molecule has 0 saturated carbocycles. The Labute approximate surface area is 131 Å². The van der Waals surface area contributed by atoms with Crippen LogP contribution in [-0.2, 0) is 4.79 Å². The number of carboxylic acids is 1. The van der Waals surface area contributed by atoms with Crippen molar-refractivity contribution < 1.29 is 14.7 Å². The zero-order valence-electron chi connectivity index (χ0n) is 11.4. The number of nitrogens with one attached hydrogen (secondary N) is 1. The third kappa shape index (κ3) is 4.68. The van der Waals surface area contributed by atoms with Crippen molar-refractivity contribution in [1.29, 1.82) is 0 Å². The number of urea groups is 1. The van der Waals surface area contributed by atoms with Crippen molar-refractivity contribution in [2.24, 2.45) is 0 Å². The molecule has 1 rings (SSSR count). The number of nitrogens with zero attached hydrogens (tertiary/aromatic N) is 1. The van der Waals surface area contributed by atoms with Crippen LogP contribution in [0.4, 0.5) is 10.5 Å². The maximum atomic E-state index is 12.2. The topological polar surface area (TPSA) is 69.6 Å². The molecule has 20 heavy (non-hydrogen) atoms. The van der Waals surface area contributed by atoms with Gasteiger partial charge in [0.2, 0.25) is 0 Å². The van der Waals surface area contributed by atoms with Gasteiger partial charge in [-0.05, 0) is 54.9 Å². The summed E-state index contributed by atoms with van der Waals surface area (Å²) in [7, 11) is 0. The number of amides is 2. The Bertz CT molecular complexity index is 529. The molecule has 0 aromatic heterocycles. The molecule has 0 atom stereocenters. The average Bonchev–Trinajstić information content (AvgIpc) is 2.29. The SMILES string of the molecule is CC(C)(C)N(CC(=O)O)C(=O)Nc1ccc(Cl)c(Br)c1. The summed E-state index contributed by atoms with van der Waals surface area (Å²) in [6, 6.07) is 4.46. The second-order valence-electron chi connectivity index (χ2n) is 5.21. The van der Waals surface area contributed by atoms with Crippen LogP contribution < -0.4 is 5.32 Å². The first kappa shape index (κ1) is 16.8. The van der Waals surface area contributed by atoms with Crippen LogP contribution >= 0.6 is 27.5 Å². The van der Waals surface area contributed by atoms with E-state index in [0.29, 0.717) is 15.2 Å². The second-order valence-corrected chi connectivity index (χ2v) is 6.47. The molecule has 0 unspecified atom stereocenters. The number of hydrogen-bond donors (Lipinski definition) is 2. The normalized spacial score (nSPS) is 11.1. The van der Waals surface area contributed by atoms with Gasteiger partial charge in [-0.2, -0.15) is 0 Å². The highest BCUT2D eigenvalue weighted by Gasteiger charge is 2.28. The van der Waals surface area contributed by atoms with E-state index in [9.17, 15) is 9.59 Å². The van der Waals surface area contributed by atoms with Crippen LogP contribution in [0, 0.1) is 0 Å². The molecule has 0 spiro atoms. The van der Waals surface area contributed by atoms with Crippen molar-refractivity contribution in [3.8, 4) is 0 Å². The van der Waals surface area contributed by atoms with E-state index in [1.807, 2.05) is 0 Å². The van der Waals surface area contributed by atoms with Gasteiger partial charge in [0.25, 0.3) is 0 Å². The van der Waals surface area contributed by atoms with Gasteiger partial charge in [-0.3, -0.25) is 4.79 Å². The molecule has 0 aliphatic carbocycles. The minimum Gasteiger partial charge on any atom is -0.480 e. The van der Waals surface area contributed by atoms with Gasteiger partial charge in [0, 0.05) is 15.7 Å². The first-order valence-corrected chi connectivity index (χ1v) is 7.04. The van der Waals surface area contributed by atoms with E-state index in [-0.39, 0.29) is 6.54 Å². The number of aliphatic carboxylic acids is 1. The number of hydrogen-bond acceptors (Lipinski definition) is 2. The molecule has 0 radical (unpaired) electrons. The van der Waals surface area contributed by atoms with Gasteiger partial charge < -0.3 is 15.3 Å². The molecular formula is C13H16BrClN2O3. The van der Waals surface area contributed by atoms with E-state index < -0.39 is 17.5 Å². The standard InChI is InChI=1S/C13H16BrClN2O3/c1-13(2,3)17(7-11(18)19)12(20)16-8-4-5-10(15)9(14)6-8/h4-6H,7H2,1-3H3,(H,16,20)(H,18,19). The van der Waals surface area contributed by atoms with Crippen molar-refractivity contribution in [3.05, 3.63) is 27.7 Å². The highest BCUT2D eigenvalue weighted by Crippen LogP contribution is 2.26. The van der Waals surface area contributed by atoms with Crippen LogP contribution in [0.2, 0.25) is 5.02 Å². The lowest BCUT2D eigenvalue weighted by atomic mass is 10.1. The highest BCUT2D eigenvalue weighted by molar-refractivity contribution is 9.10. The predicted molar refractivity (Wildman–Crippen MR) is 82.3 cm³/mol. The van der Waals surface area contributed by atoms with Crippen LogP contribution in [0.3, 0.4) is 0 Å². The van der Waals surface area contributed by atoms with Crippen LogP contribution in [0.5, 0.6) is 0 Å². The van der Waals surface area contributed by atoms with Crippen LogP contribution in [0.15, 0.2) is 22.7 Å². The summed E-state index contributed by atoms with van der Waals surface area (Å²) in [5.41, 5.74) is -0.0718. The molecule has 5 nitrogen and oxygen atoms in total. The Hall–Kier alpha value is -1.27.